The molecule has 1 aromatic heterocycles. The van der Waals surface area contributed by atoms with Crippen molar-refractivity contribution in [2.45, 2.75) is 26.5 Å². The predicted molar refractivity (Wildman–Crippen MR) is 62.2 cm³/mol. The number of ether oxygens (including phenoxy) is 1. The average molecular weight is 227 g/mol. The van der Waals surface area contributed by atoms with E-state index in [2.05, 4.69) is 11.8 Å². The van der Waals surface area contributed by atoms with E-state index in [1.165, 1.54) is 0 Å². The molecular formula is C12H21NO3. The number of hydrogen-bond acceptors (Lipinski definition) is 4. The molecule has 0 spiro atoms. The van der Waals surface area contributed by atoms with E-state index in [0.29, 0.717) is 19.8 Å². The van der Waals surface area contributed by atoms with Crippen LogP contribution in [0.4, 0.5) is 0 Å². The summed E-state index contributed by atoms with van der Waals surface area (Å²) in [6.45, 7) is 7.24. The molecule has 0 aliphatic heterocycles. The maximum atomic E-state index is 9.71. The number of aliphatic hydroxyl groups excluding tert-OH is 1. The molecule has 0 aliphatic rings. The van der Waals surface area contributed by atoms with E-state index in [0.717, 1.165) is 18.8 Å². The molecule has 1 rings (SSSR count). The Morgan fingerprint density at radius 1 is 1.50 bits per heavy atom. The second kappa shape index (κ2) is 7.44. The number of rotatable bonds is 8. The molecule has 0 saturated carbocycles. The van der Waals surface area contributed by atoms with Gasteiger partial charge in [-0.25, -0.2) is 0 Å². The van der Waals surface area contributed by atoms with Crippen molar-refractivity contribution in [2.75, 3.05) is 26.3 Å². The van der Waals surface area contributed by atoms with E-state index >= 15 is 0 Å². The Morgan fingerprint density at radius 2 is 2.31 bits per heavy atom. The highest BCUT2D eigenvalue weighted by Gasteiger charge is 2.11. The zero-order valence-corrected chi connectivity index (χ0v) is 10.1. The first-order valence-corrected chi connectivity index (χ1v) is 5.76. The largest absolute Gasteiger partial charge is 0.468 e. The molecule has 16 heavy (non-hydrogen) atoms. The summed E-state index contributed by atoms with van der Waals surface area (Å²) in [6, 6.07) is 3.82. The summed E-state index contributed by atoms with van der Waals surface area (Å²) in [5.74, 6) is 0.922. The smallest absolute Gasteiger partial charge is 0.117 e. The molecule has 0 aromatic carbocycles. The van der Waals surface area contributed by atoms with Gasteiger partial charge in [0.25, 0.3) is 0 Å². The van der Waals surface area contributed by atoms with Gasteiger partial charge in [-0.2, -0.15) is 0 Å². The minimum absolute atomic E-state index is 0.394. The van der Waals surface area contributed by atoms with Gasteiger partial charge in [-0.3, -0.25) is 4.90 Å². The minimum atomic E-state index is -0.435. The molecule has 0 aliphatic carbocycles. The van der Waals surface area contributed by atoms with Gasteiger partial charge in [0.1, 0.15) is 5.76 Å². The Kier molecular flexibility index (Phi) is 6.15. The normalized spacial score (nSPS) is 13.2. The van der Waals surface area contributed by atoms with Crippen LogP contribution in [0.15, 0.2) is 22.8 Å². The van der Waals surface area contributed by atoms with Gasteiger partial charge in [0.05, 0.1) is 25.5 Å². The van der Waals surface area contributed by atoms with Crippen molar-refractivity contribution < 1.29 is 14.3 Å². The summed E-state index contributed by atoms with van der Waals surface area (Å²) in [4.78, 5) is 2.13. The molecule has 92 valence electrons. The fraction of sp³-hybridized carbons (Fsp3) is 0.667. The zero-order valence-electron chi connectivity index (χ0n) is 10.1. The van der Waals surface area contributed by atoms with Crippen molar-refractivity contribution in [3.05, 3.63) is 24.2 Å². The quantitative estimate of drug-likeness (QED) is 0.731. The summed E-state index contributed by atoms with van der Waals surface area (Å²) in [5, 5.41) is 9.71. The Labute approximate surface area is 96.8 Å². The van der Waals surface area contributed by atoms with Crippen LogP contribution >= 0.6 is 0 Å². The number of furan rings is 1. The summed E-state index contributed by atoms with van der Waals surface area (Å²) in [5.41, 5.74) is 0. The van der Waals surface area contributed by atoms with Crippen LogP contribution < -0.4 is 0 Å². The Hall–Kier alpha value is -0.840. The number of hydrogen-bond donors (Lipinski definition) is 1. The van der Waals surface area contributed by atoms with Gasteiger partial charge in [0.15, 0.2) is 0 Å². The monoisotopic (exact) mass is 227 g/mol. The van der Waals surface area contributed by atoms with Gasteiger partial charge in [-0.1, -0.05) is 6.92 Å². The molecular weight excluding hydrogens is 206 g/mol. The van der Waals surface area contributed by atoms with Gasteiger partial charge >= 0.3 is 0 Å². The highest BCUT2D eigenvalue weighted by atomic mass is 16.5. The van der Waals surface area contributed by atoms with E-state index in [9.17, 15) is 5.11 Å². The van der Waals surface area contributed by atoms with Crippen molar-refractivity contribution in [3.8, 4) is 0 Å². The third-order valence-corrected chi connectivity index (χ3v) is 2.39. The molecule has 0 amide bonds. The minimum Gasteiger partial charge on any atom is -0.468 e. The van der Waals surface area contributed by atoms with Gasteiger partial charge in [0.2, 0.25) is 0 Å². The van der Waals surface area contributed by atoms with E-state index in [-0.39, 0.29) is 0 Å². The van der Waals surface area contributed by atoms with Crippen LogP contribution in [-0.2, 0) is 11.3 Å². The van der Waals surface area contributed by atoms with Gasteiger partial charge < -0.3 is 14.3 Å². The number of likely N-dealkylation sites (N-methyl/N-ethyl adjacent to an activating group) is 1. The Balaban J connectivity index is 2.31. The van der Waals surface area contributed by atoms with E-state index in [4.69, 9.17) is 9.15 Å². The lowest BCUT2D eigenvalue weighted by Crippen LogP contribution is -2.34. The summed E-state index contributed by atoms with van der Waals surface area (Å²) in [7, 11) is 0. The topological polar surface area (TPSA) is 45.8 Å². The lowest BCUT2D eigenvalue weighted by atomic mass is 10.3. The maximum Gasteiger partial charge on any atom is 0.117 e. The number of aliphatic hydroxyl groups is 1. The standard InChI is InChI=1S/C12H21NO3/c1-3-13(8-11(14)10-15-4-2)9-12-6-5-7-16-12/h5-7,11,14H,3-4,8-10H2,1-2H3. The van der Waals surface area contributed by atoms with Gasteiger partial charge in [0, 0.05) is 13.2 Å². The molecule has 1 N–H and O–H groups in total. The van der Waals surface area contributed by atoms with Crippen molar-refractivity contribution in [2.24, 2.45) is 0 Å². The summed E-state index contributed by atoms with van der Waals surface area (Å²) >= 11 is 0. The van der Waals surface area contributed by atoms with Crippen LogP contribution in [0, 0.1) is 0 Å². The van der Waals surface area contributed by atoms with Gasteiger partial charge in [-0.15, -0.1) is 0 Å². The van der Waals surface area contributed by atoms with Crippen LogP contribution in [-0.4, -0.2) is 42.4 Å². The Bertz CT molecular complexity index is 261. The van der Waals surface area contributed by atoms with Gasteiger partial charge in [-0.05, 0) is 25.6 Å². The van der Waals surface area contributed by atoms with E-state index < -0.39 is 6.10 Å². The van der Waals surface area contributed by atoms with Crippen LogP contribution in [0.5, 0.6) is 0 Å². The molecule has 1 unspecified atom stereocenters. The van der Waals surface area contributed by atoms with Crippen molar-refractivity contribution >= 4 is 0 Å². The lowest BCUT2D eigenvalue weighted by molar-refractivity contribution is 0.0195. The Morgan fingerprint density at radius 3 is 2.88 bits per heavy atom. The SMILES string of the molecule is CCOCC(O)CN(CC)Cc1ccco1. The molecule has 4 nitrogen and oxygen atoms in total. The third-order valence-electron chi connectivity index (χ3n) is 2.39. The molecule has 0 fully saturated rings. The summed E-state index contributed by atoms with van der Waals surface area (Å²) in [6.07, 6.45) is 1.23. The number of nitrogens with zero attached hydrogens (tertiary/aromatic N) is 1. The average Bonchev–Trinajstić information content (AvgIpc) is 2.78. The highest BCUT2D eigenvalue weighted by Crippen LogP contribution is 2.05. The fourth-order valence-electron chi connectivity index (χ4n) is 1.53. The van der Waals surface area contributed by atoms with Crippen LogP contribution in [0.2, 0.25) is 0 Å². The first-order chi connectivity index (χ1) is 7.76. The van der Waals surface area contributed by atoms with Crippen LogP contribution in [0.1, 0.15) is 19.6 Å². The first kappa shape index (κ1) is 13.2. The second-order valence-electron chi connectivity index (χ2n) is 3.72. The first-order valence-electron chi connectivity index (χ1n) is 5.76. The summed E-state index contributed by atoms with van der Waals surface area (Å²) < 4.78 is 10.4. The molecule has 1 aromatic rings. The fourth-order valence-corrected chi connectivity index (χ4v) is 1.53. The molecule has 0 bridgehead atoms. The third kappa shape index (κ3) is 4.79. The molecule has 1 atom stereocenters. The van der Waals surface area contributed by atoms with Crippen LogP contribution in [0.3, 0.4) is 0 Å². The highest BCUT2D eigenvalue weighted by molar-refractivity contribution is 4.97. The van der Waals surface area contributed by atoms with Crippen molar-refractivity contribution in [1.29, 1.82) is 0 Å². The van der Waals surface area contributed by atoms with E-state index in [1.54, 1.807) is 6.26 Å². The molecule has 4 heteroatoms. The molecule has 0 radical (unpaired) electrons. The molecule has 0 saturated heterocycles. The van der Waals surface area contributed by atoms with Crippen molar-refractivity contribution in [1.82, 2.24) is 4.90 Å². The lowest BCUT2D eigenvalue weighted by Gasteiger charge is -2.22. The van der Waals surface area contributed by atoms with Crippen LogP contribution in [0.25, 0.3) is 0 Å². The molecule has 1 heterocycles. The maximum absolute atomic E-state index is 9.71. The predicted octanol–water partition coefficient (Wildman–Crippen LogP) is 1.50. The second-order valence-corrected chi connectivity index (χ2v) is 3.72. The van der Waals surface area contributed by atoms with Crippen molar-refractivity contribution in [3.63, 3.8) is 0 Å². The zero-order chi connectivity index (χ0) is 11.8. The van der Waals surface area contributed by atoms with E-state index in [1.807, 2.05) is 19.1 Å².